The molecule has 0 spiro atoms. The number of hydrogen-bond acceptors (Lipinski definition) is 1. The van der Waals surface area contributed by atoms with Crippen LogP contribution in [0.25, 0.3) is 0 Å². The lowest BCUT2D eigenvalue weighted by atomic mass is 10.0. The predicted octanol–water partition coefficient (Wildman–Crippen LogP) is 2.30. The Morgan fingerprint density at radius 2 is 2.40 bits per heavy atom. The van der Waals surface area contributed by atoms with E-state index in [1.54, 1.807) is 0 Å². The van der Waals surface area contributed by atoms with Gasteiger partial charge in [0.25, 0.3) is 0 Å². The second-order valence-corrected chi connectivity index (χ2v) is 2.83. The Labute approximate surface area is 61.6 Å². The minimum atomic E-state index is -0.736. The third-order valence-corrected chi connectivity index (χ3v) is 2.01. The molecule has 1 saturated heterocycles. The molecule has 1 heterocycles. The van der Waals surface area contributed by atoms with E-state index in [0.29, 0.717) is 6.42 Å². The summed E-state index contributed by atoms with van der Waals surface area (Å²) in [4.78, 5) is 0. The van der Waals surface area contributed by atoms with E-state index in [2.05, 4.69) is 0 Å². The number of hydrogen-bond donors (Lipinski definition) is 0. The van der Waals surface area contributed by atoms with E-state index in [1.807, 2.05) is 6.92 Å². The number of alkyl halides is 1. The molecule has 0 aromatic heterocycles. The fourth-order valence-electron chi connectivity index (χ4n) is 1.31. The van der Waals surface area contributed by atoms with Crippen molar-refractivity contribution >= 4 is 0 Å². The van der Waals surface area contributed by atoms with Gasteiger partial charge in [0, 0.05) is 6.61 Å². The molecule has 0 N–H and O–H groups in total. The van der Waals surface area contributed by atoms with Crippen LogP contribution in [0.2, 0.25) is 0 Å². The molecular weight excluding hydrogens is 131 g/mol. The van der Waals surface area contributed by atoms with Gasteiger partial charge < -0.3 is 4.74 Å². The topological polar surface area (TPSA) is 9.23 Å². The maximum Gasteiger partial charge on any atom is 0.126 e. The lowest BCUT2D eigenvalue weighted by Gasteiger charge is -2.24. The summed E-state index contributed by atoms with van der Waals surface area (Å²) >= 11 is 0. The van der Waals surface area contributed by atoms with Crippen molar-refractivity contribution < 1.29 is 9.13 Å². The Balaban J connectivity index is 2.24. The highest BCUT2D eigenvalue weighted by molar-refractivity contribution is 4.71. The number of halogens is 1. The molecule has 2 atom stereocenters. The van der Waals surface area contributed by atoms with Crippen molar-refractivity contribution in [3.05, 3.63) is 0 Å². The van der Waals surface area contributed by atoms with Gasteiger partial charge in [-0.05, 0) is 25.7 Å². The van der Waals surface area contributed by atoms with Crippen molar-refractivity contribution in [1.29, 1.82) is 0 Å². The first-order valence-corrected chi connectivity index (χ1v) is 4.10. The van der Waals surface area contributed by atoms with Gasteiger partial charge in [0.15, 0.2) is 0 Å². The Bertz CT molecular complexity index is 89.3. The Hall–Kier alpha value is -0.110. The van der Waals surface area contributed by atoms with Crippen LogP contribution in [-0.2, 0) is 4.74 Å². The SMILES string of the molecule is CCC(F)C1CCCCO1. The molecule has 0 bridgehead atoms. The van der Waals surface area contributed by atoms with Gasteiger partial charge in [-0.15, -0.1) is 0 Å². The zero-order chi connectivity index (χ0) is 7.40. The first-order valence-electron chi connectivity index (χ1n) is 4.10. The van der Waals surface area contributed by atoms with Gasteiger partial charge in [-0.3, -0.25) is 0 Å². The summed E-state index contributed by atoms with van der Waals surface area (Å²) in [5.74, 6) is 0. The maximum absolute atomic E-state index is 12.9. The molecule has 0 saturated carbocycles. The largest absolute Gasteiger partial charge is 0.375 e. The summed E-state index contributed by atoms with van der Waals surface area (Å²) in [6.45, 7) is 2.62. The molecule has 10 heavy (non-hydrogen) atoms. The van der Waals surface area contributed by atoms with Crippen LogP contribution >= 0.6 is 0 Å². The highest BCUT2D eigenvalue weighted by atomic mass is 19.1. The van der Waals surface area contributed by atoms with Crippen molar-refractivity contribution in [2.45, 2.75) is 44.9 Å². The summed E-state index contributed by atoms with van der Waals surface area (Å²) in [5, 5.41) is 0. The normalized spacial score (nSPS) is 30.0. The molecule has 1 fully saturated rings. The van der Waals surface area contributed by atoms with Crippen LogP contribution in [0.15, 0.2) is 0 Å². The first kappa shape index (κ1) is 7.99. The molecular formula is C8H15FO. The monoisotopic (exact) mass is 146 g/mol. The van der Waals surface area contributed by atoms with E-state index in [4.69, 9.17) is 4.74 Å². The number of rotatable bonds is 2. The van der Waals surface area contributed by atoms with Crippen molar-refractivity contribution in [1.82, 2.24) is 0 Å². The fraction of sp³-hybridized carbons (Fsp3) is 1.00. The van der Waals surface area contributed by atoms with Crippen LogP contribution < -0.4 is 0 Å². The number of ether oxygens (including phenoxy) is 1. The minimum Gasteiger partial charge on any atom is -0.375 e. The van der Waals surface area contributed by atoms with Crippen molar-refractivity contribution in [2.75, 3.05) is 6.61 Å². The van der Waals surface area contributed by atoms with E-state index >= 15 is 0 Å². The van der Waals surface area contributed by atoms with E-state index in [1.165, 1.54) is 0 Å². The molecule has 1 aliphatic rings. The van der Waals surface area contributed by atoms with Crippen LogP contribution in [-0.4, -0.2) is 18.9 Å². The summed E-state index contributed by atoms with van der Waals surface area (Å²) in [6, 6.07) is 0. The van der Waals surface area contributed by atoms with Gasteiger partial charge in [-0.1, -0.05) is 6.92 Å². The minimum absolute atomic E-state index is 0.0984. The summed E-state index contributed by atoms with van der Waals surface area (Å²) in [7, 11) is 0. The van der Waals surface area contributed by atoms with Crippen molar-refractivity contribution in [3.8, 4) is 0 Å². The molecule has 1 aliphatic heterocycles. The van der Waals surface area contributed by atoms with E-state index < -0.39 is 6.17 Å². The summed E-state index contributed by atoms with van der Waals surface area (Å²) < 4.78 is 18.1. The quantitative estimate of drug-likeness (QED) is 0.581. The molecule has 0 aromatic carbocycles. The maximum atomic E-state index is 12.9. The second kappa shape index (κ2) is 3.91. The van der Waals surface area contributed by atoms with Crippen LogP contribution in [0, 0.1) is 0 Å². The average Bonchev–Trinajstić information content (AvgIpc) is 2.05. The van der Waals surface area contributed by atoms with Gasteiger partial charge in [-0.25, -0.2) is 4.39 Å². The second-order valence-electron chi connectivity index (χ2n) is 2.83. The fourth-order valence-corrected chi connectivity index (χ4v) is 1.31. The average molecular weight is 146 g/mol. The molecule has 0 amide bonds. The molecule has 0 aromatic rings. The lowest BCUT2D eigenvalue weighted by Crippen LogP contribution is -2.28. The predicted molar refractivity (Wildman–Crippen MR) is 38.8 cm³/mol. The van der Waals surface area contributed by atoms with Crippen molar-refractivity contribution in [3.63, 3.8) is 0 Å². The molecule has 2 unspecified atom stereocenters. The van der Waals surface area contributed by atoms with E-state index in [-0.39, 0.29) is 6.10 Å². The van der Waals surface area contributed by atoms with Crippen molar-refractivity contribution in [2.24, 2.45) is 0 Å². The summed E-state index contributed by atoms with van der Waals surface area (Å²) in [6.07, 6.45) is 2.90. The van der Waals surface area contributed by atoms with Gasteiger partial charge in [-0.2, -0.15) is 0 Å². The van der Waals surface area contributed by atoms with E-state index in [0.717, 1.165) is 25.9 Å². The van der Waals surface area contributed by atoms with Gasteiger partial charge in [0.1, 0.15) is 6.17 Å². The molecule has 0 aliphatic carbocycles. The highest BCUT2D eigenvalue weighted by Crippen LogP contribution is 2.19. The van der Waals surface area contributed by atoms with Crippen LogP contribution in [0.4, 0.5) is 4.39 Å². The Morgan fingerprint density at radius 3 is 2.90 bits per heavy atom. The van der Waals surface area contributed by atoms with Crippen LogP contribution in [0.5, 0.6) is 0 Å². The standard InChI is InChI=1S/C8H15FO/c1-2-7(9)8-5-3-4-6-10-8/h7-8H,2-6H2,1H3. The zero-order valence-corrected chi connectivity index (χ0v) is 6.48. The highest BCUT2D eigenvalue weighted by Gasteiger charge is 2.21. The molecule has 1 rings (SSSR count). The molecule has 2 heteroatoms. The molecule has 1 nitrogen and oxygen atoms in total. The molecule has 60 valence electrons. The zero-order valence-electron chi connectivity index (χ0n) is 6.48. The smallest absolute Gasteiger partial charge is 0.126 e. The Morgan fingerprint density at radius 1 is 1.60 bits per heavy atom. The van der Waals surface area contributed by atoms with Gasteiger partial charge in [0.05, 0.1) is 6.10 Å². The van der Waals surface area contributed by atoms with E-state index in [9.17, 15) is 4.39 Å². The summed E-state index contributed by atoms with van der Waals surface area (Å²) in [5.41, 5.74) is 0. The third kappa shape index (κ3) is 1.94. The molecule has 0 radical (unpaired) electrons. The first-order chi connectivity index (χ1) is 4.84. The van der Waals surface area contributed by atoms with Gasteiger partial charge >= 0.3 is 0 Å². The van der Waals surface area contributed by atoms with Crippen LogP contribution in [0.3, 0.4) is 0 Å². The Kier molecular flexibility index (Phi) is 3.13. The lowest BCUT2D eigenvalue weighted by molar-refractivity contribution is -0.0329. The third-order valence-electron chi connectivity index (χ3n) is 2.01. The van der Waals surface area contributed by atoms with Crippen LogP contribution in [0.1, 0.15) is 32.6 Å². The van der Waals surface area contributed by atoms with Gasteiger partial charge in [0.2, 0.25) is 0 Å².